The molecule has 0 amide bonds. The lowest BCUT2D eigenvalue weighted by Gasteiger charge is -2.39. The largest absolute Gasteiger partial charge is 0.504 e. The topological polar surface area (TPSA) is 188 Å². The van der Waals surface area contributed by atoms with Crippen molar-refractivity contribution in [3.8, 4) is 23.0 Å². The van der Waals surface area contributed by atoms with Gasteiger partial charge in [-0.3, -0.25) is 0 Å². The Bertz CT molecular complexity index is 1080. The molecule has 0 aromatic heterocycles. The Morgan fingerprint density at radius 3 is 1.82 bits per heavy atom. The average Bonchev–Trinajstić information content (AvgIpc) is 3.32. The molecule has 0 spiro atoms. The van der Waals surface area contributed by atoms with Crippen molar-refractivity contribution in [2.45, 2.75) is 42.9 Å². The number of rotatable bonds is 9. The van der Waals surface area contributed by atoms with Gasteiger partial charge in [-0.1, -0.05) is 12.1 Å². The second-order valence-corrected chi connectivity index (χ2v) is 9.33. The van der Waals surface area contributed by atoms with Crippen molar-refractivity contribution in [3.63, 3.8) is 0 Å². The maximum Gasteiger partial charge on any atom is 0.229 e. The number of methoxy groups -OCH3 is 2. The van der Waals surface area contributed by atoms with E-state index in [0.717, 1.165) is 0 Å². The molecule has 9 atom stereocenters. The number of aliphatic hydroxyl groups is 6. The van der Waals surface area contributed by atoms with Crippen LogP contribution in [0.15, 0.2) is 36.4 Å². The highest BCUT2D eigenvalue weighted by atomic mass is 16.7. The lowest BCUT2D eigenvalue weighted by molar-refractivity contribution is -0.277. The van der Waals surface area contributed by atoms with E-state index in [9.17, 15) is 35.7 Å². The molecular formula is C26H34O12. The zero-order valence-corrected chi connectivity index (χ0v) is 21.0. The first-order valence-electron chi connectivity index (χ1n) is 12.2. The van der Waals surface area contributed by atoms with Crippen molar-refractivity contribution in [1.29, 1.82) is 0 Å². The van der Waals surface area contributed by atoms with Gasteiger partial charge in [-0.05, 0) is 35.4 Å². The molecule has 2 saturated heterocycles. The first-order valence-corrected chi connectivity index (χ1v) is 12.2. The number of aliphatic hydroxyl groups excluding tert-OH is 6. The summed E-state index contributed by atoms with van der Waals surface area (Å²) in [5, 5.41) is 70.1. The van der Waals surface area contributed by atoms with Crippen molar-refractivity contribution >= 4 is 0 Å². The Hall–Kier alpha value is -2.68. The van der Waals surface area contributed by atoms with E-state index in [1.165, 1.54) is 26.4 Å². The van der Waals surface area contributed by atoms with E-state index in [4.69, 9.17) is 23.7 Å². The Balaban J connectivity index is 1.60. The minimum absolute atomic E-state index is 0.0372. The van der Waals surface area contributed by atoms with Gasteiger partial charge in [0, 0.05) is 25.0 Å². The highest BCUT2D eigenvalue weighted by Gasteiger charge is 2.46. The van der Waals surface area contributed by atoms with Gasteiger partial charge < -0.3 is 59.4 Å². The van der Waals surface area contributed by atoms with Gasteiger partial charge in [0.15, 0.2) is 23.0 Å². The van der Waals surface area contributed by atoms with Crippen LogP contribution in [0, 0.1) is 11.8 Å². The van der Waals surface area contributed by atoms with Gasteiger partial charge in [-0.15, -0.1) is 0 Å². The maximum atomic E-state index is 10.3. The van der Waals surface area contributed by atoms with Gasteiger partial charge in [-0.2, -0.15) is 0 Å². The van der Waals surface area contributed by atoms with Crippen LogP contribution in [0.4, 0.5) is 0 Å². The molecule has 7 N–H and O–H groups in total. The van der Waals surface area contributed by atoms with Crippen molar-refractivity contribution in [1.82, 2.24) is 0 Å². The highest BCUT2D eigenvalue weighted by Crippen LogP contribution is 2.51. The lowest BCUT2D eigenvalue weighted by Crippen LogP contribution is -2.60. The van der Waals surface area contributed by atoms with Crippen LogP contribution in [-0.4, -0.2) is 100 Å². The lowest BCUT2D eigenvalue weighted by atomic mass is 9.83. The van der Waals surface area contributed by atoms with E-state index >= 15 is 0 Å². The highest BCUT2D eigenvalue weighted by molar-refractivity contribution is 5.45. The van der Waals surface area contributed by atoms with Crippen LogP contribution in [0.25, 0.3) is 0 Å². The number of hydrogen-bond acceptors (Lipinski definition) is 12. The minimum Gasteiger partial charge on any atom is -0.504 e. The molecule has 2 heterocycles. The van der Waals surface area contributed by atoms with Crippen LogP contribution in [0.1, 0.15) is 23.3 Å². The summed E-state index contributed by atoms with van der Waals surface area (Å²) in [6.07, 6.45) is -8.49. The number of hydrogen-bond donors (Lipinski definition) is 7. The second-order valence-electron chi connectivity index (χ2n) is 9.33. The summed E-state index contributed by atoms with van der Waals surface area (Å²) in [5.74, 6) is -0.345. The van der Waals surface area contributed by atoms with Crippen LogP contribution < -0.4 is 14.2 Å². The molecule has 0 bridgehead atoms. The zero-order valence-electron chi connectivity index (χ0n) is 21.0. The van der Waals surface area contributed by atoms with E-state index in [2.05, 4.69) is 0 Å². The summed E-state index contributed by atoms with van der Waals surface area (Å²) in [7, 11) is 2.83. The molecule has 0 radical (unpaired) electrons. The summed E-state index contributed by atoms with van der Waals surface area (Å²) >= 11 is 0. The molecular weight excluding hydrogens is 504 g/mol. The number of aromatic hydroxyl groups is 1. The number of ether oxygens (including phenoxy) is 5. The molecule has 2 aliphatic rings. The van der Waals surface area contributed by atoms with Crippen LogP contribution in [0.3, 0.4) is 0 Å². The Labute approximate surface area is 219 Å². The Kier molecular flexibility index (Phi) is 8.96. The fraction of sp³-hybridized carbons (Fsp3) is 0.538. The van der Waals surface area contributed by atoms with Crippen molar-refractivity contribution in [2.75, 3.05) is 34.0 Å². The van der Waals surface area contributed by atoms with Gasteiger partial charge in [0.05, 0.1) is 33.0 Å². The Morgan fingerprint density at radius 1 is 0.684 bits per heavy atom. The Morgan fingerprint density at radius 2 is 1.26 bits per heavy atom. The molecule has 12 nitrogen and oxygen atoms in total. The van der Waals surface area contributed by atoms with Crippen molar-refractivity contribution in [3.05, 3.63) is 47.5 Å². The van der Waals surface area contributed by atoms with Gasteiger partial charge in [0.1, 0.15) is 24.4 Å². The monoisotopic (exact) mass is 538 g/mol. The standard InChI is InChI=1S/C26H34O12/c1-34-18-7-12(3-5-16(18)30)24-14(9-27)15(10-28)25(38-24)13-4-6-17(19(8-13)35-2)36-26-23(33)22(32)21(31)20(11-29)37-26/h3-8,14-15,20-33H,9-11H2,1-2H3/t14-,15-,20-,21-,22+,23-,24+,25-,26-/m1/s1. The SMILES string of the molecule is COc1cc([C@@H]2O[C@H](c3ccc(O[C@@H]4O[C@H](CO)[C@@H](O)[C@H](O)[C@H]4O)c(OC)c3)[C@H](CO)[C@H]2CO)ccc1O. The molecule has 38 heavy (non-hydrogen) atoms. The predicted molar refractivity (Wildman–Crippen MR) is 130 cm³/mol. The quantitative estimate of drug-likeness (QED) is 0.220. The van der Waals surface area contributed by atoms with Crippen LogP contribution in [-0.2, 0) is 9.47 Å². The predicted octanol–water partition coefficient (Wildman–Crippen LogP) is -0.382. The first-order chi connectivity index (χ1) is 18.3. The van der Waals surface area contributed by atoms with E-state index in [-0.39, 0.29) is 36.2 Å². The molecule has 2 aliphatic heterocycles. The molecule has 210 valence electrons. The molecule has 0 aliphatic carbocycles. The van der Waals surface area contributed by atoms with Crippen LogP contribution in [0.5, 0.6) is 23.0 Å². The van der Waals surface area contributed by atoms with Crippen LogP contribution >= 0.6 is 0 Å². The van der Waals surface area contributed by atoms with Gasteiger partial charge in [0.25, 0.3) is 0 Å². The summed E-state index contributed by atoms with van der Waals surface area (Å²) < 4.78 is 28.1. The van der Waals surface area contributed by atoms with E-state index in [1.807, 2.05) is 0 Å². The van der Waals surface area contributed by atoms with Crippen molar-refractivity contribution in [2.24, 2.45) is 11.8 Å². The number of phenols is 1. The molecule has 12 heteroatoms. The summed E-state index contributed by atoms with van der Waals surface area (Å²) in [6, 6.07) is 9.60. The van der Waals surface area contributed by atoms with Crippen LogP contribution in [0.2, 0.25) is 0 Å². The van der Waals surface area contributed by atoms with E-state index in [1.54, 1.807) is 24.3 Å². The second kappa shape index (κ2) is 12.0. The van der Waals surface area contributed by atoms with Gasteiger partial charge >= 0.3 is 0 Å². The van der Waals surface area contributed by atoms with E-state index < -0.39 is 61.4 Å². The normalized spacial score (nSPS) is 33.2. The van der Waals surface area contributed by atoms with Gasteiger partial charge in [0.2, 0.25) is 6.29 Å². The average molecular weight is 539 g/mol. The van der Waals surface area contributed by atoms with Gasteiger partial charge in [-0.25, -0.2) is 0 Å². The fourth-order valence-electron chi connectivity index (χ4n) is 5.04. The molecule has 0 unspecified atom stereocenters. The third-order valence-corrected chi connectivity index (χ3v) is 7.18. The molecule has 0 saturated carbocycles. The third kappa shape index (κ3) is 5.26. The summed E-state index contributed by atoms with van der Waals surface area (Å²) in [4.78, 5) is 0. The fourth-order valence-corrected chi connectivity index (χ4v) is 5.04. The molecule has 4 rings (SSSR count). The first kappa shape index (κ1) is 28.3. The third-order valence-electron chi connectivity index (χ3n) is 7.18. The molecule has 2 aromatic carbocycles. The number of phenolic OH excluding ortho intramolecular Hbond substituents is 1. The van der Waals surface area contributed by atoms with Crippen molar-refractivity contribution < 1.29 is 59.4 Å². The molecule has 2 fully saturated rings. The smallest absolute Gasteiger partial charge is 0.229 e. The molecule has 2 aromatic rings. The summed E-state index contributed by atoms with van der Waals surface area (Å²) in [5.41, 5.74) is 1.28. The minimum atomic E-state index is -1.60. The zero-order chi connectivity index (χ0) is 27.6. The maximum absolute atomic E-state index is 10.3. The summed E-state index contributed by atoms with van der Waals surface area (Å²) in [6.45, 7) is -1.12. The van der Waals surface area contributed by atoms with E-state index in [0.29, 0.717) is 11.1 Å². The number of benzene rings is 2.